The van der Waals surface area contributed by atoms with Gasteiger partial charge >= 0.3 is 0 Å². The number of nitro groups is 1. The number of carbonyl (C=O) groups is 1. The summed E-state index contributed by atoms with van der Waals surface area (Å²) in [4.78, 5) is 23.2. The molecule has 2 aromatic carbocycles. The van der Waals surface area contributed by atoms with E-state index < -0.39 is 4.92 Å². The molecule has 122 valence electrons. The Bertz CT molecular complexity index is 984. The monoisotopic (exact) mass is 407 g/mol. The maximum Gasteiger partial charge on any atom is 0.288 e. The van der Waals surface area contributed by atoms with Crippen LogP contribution in [-0.2, 0) is 6.54 Å². The van der Waals surface area contributed by atoms with Crippen molar-refractivity contribution in [2.24, 2.45) is 5.73 Å². The van der Waals surface area contributed by atoms with Crippen LogP contribution in [0.1, 0.15) is 15.9 Å². The first-order valence-electron chi connectivity index (χ1n) is 6.90. The van der Waals surface area contributed by atoms with E-state index in [4.69, 9.17) is 17.3 Å². The van der Waals surface area contributed by atoms with Crippen LogP contribution < -0.4 is 5.73 Å². The molecule has 0 atom stereocenters. The van der Waals surface area contributed by atoms with Crippen LogP contribution in [-0.4, -0.2) is 15.4 Å². The lowest BCUT2D eigenvalue weighted by Crippen LogP contribution is -2.11. The number of hydrogen-bond acceptors (Lipinski definition) is 4. The normalized spacial score (nSPS) is 11.0. The Hall–Kier alpha value is -2.22. The van der Waals surface area contributed by atoms with Gasteiger partial charge in [0.25, 0.3) is 11.6 Å². The molecule has 0 radical (unpaired) electrons. The zero-order chi connectivity index (χ0) is 17.4. The molecule has 0 aliphatic carbocycles. The molecule has 0 amide bonds. The molecule has 3 aromatic rings. The highest BCUT2D eigenvalue weighted by Crippen LogP contribution is 2.28. The third kappa shape index (κ3) is 2.82. The number of benzene rings is 2. The lowest BCUT2D eigenvalue weighted by Gasteiger charge is -2.05. The standard InChI is InChI=1S/C16H11BrClN3O3/c17-11-2-4-14-12(6-11)10(7-19)8-20(14)16(22)9-1-3-13(18)15(5-9)21(23)24/h1-6,8H,7,19H2. The maximum atomic E-state index is 12.8. The van der Waals surface area contributed by atoms with Gasteiger partial charge in [0.2, 0.25) is 0 Å². The number of aromatic nitrogens is 1. The summed E-state index contributed by atoms with van der Waals surface area (Å²) in [6, 6.07) is 9.48. The summed E-state index contributed by atoms with van der Waals surface area (Å²) in [7, 11) is 0. The molecule has 1 aromatic heterocycles. The fourth-order valence-corrected chi connectivity index (χ4v) is 3.07. The predicted octanol–water partition coefficient (Wildman–Crippen LogP) is 4.11. The number of halogens is 2. The minimum Gasteiger partial charge on any atom is -0.326 e. The zero-order valence-electron chi connectivity index (χ0n) is 12.2. The first kappa shape index (κ1) is 16.6. The van der Waals surface area contributed by atoms with Gasteiger partial charge in [0, 0.05) is 34.2 Å². The smallest absolute Gasteiger partial charge is 0.288 e. The first-order chi connectivity index (χ1) is 11.4. The van der Waals surface area contributed by atoms with E-state index in [1.54, 1.807) is 12.3 Å². The Kier molecular flexibility index (Phi) is 4.40. The Labute approximate surface area is 150 Å². The zero-order valence-corrected chi connectivity index (χ0v) is 14.5. The molecule has 24 heavy (non-hydrogen) atoms. The van der Waals surface area contributed by atoms with Crippen LogP contribution in [0.5, 0.6) is 0 Å². The topological polar surface area (TPSA) is 91.2 Å². The lowest BCUT2D eigenvalue weighted by molar-refractivity contribution is -0.384. The summed E-state index contributed by atoms with van der Waals surface area (Å²) >= 11 is 9.20. The van der Waals surface area contributed by atoms with Crippen LogP contribution >= 0.6 is 27.5 Å². The van der Waals surface area contributed by atoms with Crippen molar-refractivity contribution in [2.75, 3.05) is 0 Å². The predicted molar refractivity (Wildman–Crippen MR) is 95.4 cm³/mol. The van der Waals surface area contributed by atoms with Gasteiger partial charge in [-0.1, -0.05) is 27.5 Å². The molecule has 0 aliphatic rings. The molecule has 3 rings (SSSR count). The van der Waals surface area contributed by atoms with Crippen LogP contribution in [0.3, 0.4) is 0 Å². The molecule has 8 heteroatoms. The molecular formula is C16H11BrClN3O3. The van der Waals surface area contributed by atoms with E-state index in [-0.39, 0.29) is 28.7 Å². The minimum atomic E-state index is -0.616. The summed E-state index contributed by atoms with van der Waals surface area (Å²) in [5, 5.41) is 11.9. The maximum absolute atomic E-state index is 12.8. The van der Waals surface area contributed by atoms with Crippen molar-refractivity contribution in [3.8, 4) is 0 Å². The van der Waals surface area contributed by atoms with E-state index in [2.05, 4.69) is 15.9 Å². The van der Waals surface area contributed by atoms with Gasteiger partial charge in [-0.3, -0.25) is 19.5 Å². The fourth-order valence-electron chi connectivity index (χ4n) is 2.53. The molecule has 0 unspecified atom stereocenters. The number of nitrogens with zero attached hydrogens (tertiary/aromatic N) is 2. The summed E-state index contributed by atoms with van der Waals surface area (Å²) < 4.78 is 2.31. The molecule has 1 heterocycles. The van der Waals surface area contributed by atoms with Crippen LogP contribution in [0.25, 0.3) is 10.9 Å². The van der Waals surface area contributed by atoms with Gasteiger partial charge in [-0.2, -0.15) is 0 Å². The Morgan fingerprint density at radius 2 is 2.04 bits per heavy atom. The second-order valence-electron chi connectivity index (χ2n) is 5.12. The van der Waals surface area contributed by atoms with E-state index in [1.165, 1.54) is 22.8 Å². The van der Waals surface area contributed by atoms with E-state index in [9.17, 15) is 14.9 Å². The van der Waals surface area contributed by atoms with Crippen molar-refractivity contribution < 1.29 is 9.72 Å². The SMILES string of the molecule is NCc1cn(C(=O)c2ccc(Cl)c([N+](=O)[O-])c2)c2ccc(Br)cc12. The molecule has 0 aliphatic heterocycles. The largest absolute Gasteiger partial charge is 0.326 e. The first-order valence-corrected chi connectivity index (χ1v) is 8.07. The molecule has 0 bridgehead atoms. The van der Waals surface area contributed by atoms with E-state index in [0.717, 1.165) is 15.4 Å². The highest BCUT2D eigenvalue weighted by atomic mass is 79.9. The summed E-state index contributed by atoms with van der Waals surface area (Å²) in [6.07, 6.45) is 1.65. The number of rotatable bonds is 3. The van der Waals surface area contributed by atoms with Crippen molar-refractivity contribution >= 4 is 50.0 Å². The average Bonchev–Trinajstić information content (AvgIpc) is 2.92. The number of hydrogen-bond donors (Lipinski definition) is 1. The second kappa shape index (κ2) is 6.35. The number of nitrogens with two attached hydrogens (primary N) is 1. The van der Waals surface area contributed by atoms with Crippen molar-refractivity contribution in [2.45, 2.75) is 6.54 Å². The van der Waals surface area contributed by atoms with Gasteiger partial charge in [0.05, 0.1) is 10.4 Å². The Morgan fingerprint density at radius 3 is 2.71 bits per heavy atom. The van der Waals surface area contributed by atoms with Gasteiger partial charge in [0.15, 0.2) is 0 Å². The van der Waals surface area contributed by atoms with Crippen LogP contribution in [0, 0.1) is 10.1 Å². The van der Waals surface area contributed by atoms with E-state index in [0.29, 0.717) is 5.52 Å². The second-order valence-corrected chi connectivity index (χ2v) is 6.44. The molecule has 0 saturated heterocycles. The quantitative estimate of drug-likeness (QED) is 0.521. The van der Waals surface area contributed by atoms with Crippen molar-refractivity contribution in [1.29, 1.82) is 0 Å². The molecule has 0 fully saturated rings. The molecule has 0 saturated carbocycles. The van der Waals surface area contributed by atoms with Crippen LogP contribution in [0.15, 0.2) is 47.1 Å². The average molecular weight is 409 g/mol. The van der Waals surface area contributed by atoms with Gasteiger partial charge in [0.1, 0.15) is 5.02 Å². The minimum absolute atomic E-state index is 0.0134. The molecular weight excluding hydrogens is 398 g/mol. The molecule has 0 spiro atoms. The highest BCUT2D eigenvalue weighted by Gasteiger charge is 2.19. The van der Waals surface area contributed by atoms with Gasteiger partial charge < -0.3 is 5.73 Å². The Balaban J connectivity index is 2.16. The summed E-state index contributed by atoms with van der Waals surface area (Å²) in [5.74, 6) is -0.387. The summed E-state index contributed by atoms with van der Waals surface area (Å²) in [6.45, 7) is 0.272. The van der Waals surface area contributed by atoms with Gasteiger partial charge in [-0.25, -0.2) is 0 Å². The Morgan fingerprint density at radius 1 is 1.29 bits per heavy atom. The number of carbonyl (C=O) groups excluding carboxylic acids is 1. The summed E-state index contributed by atoms with van der Waals surface area (Å²) in [5.41, 5.74) is 7.12. The van der Waals surface area contributed by atoms with Gasteiger partial charge in [-0.15, -0.1) is 0 Å². The van der Waals surface area contributed by atoms with E-state index >= 15 is 0 Å². The van der Waals surface area contributed by atoms with Crippen LogP contribution in [0.4, 0.5) is 5.69 Å². The van der Waals surface area contributed by atoms with Gasteiger partial charge in [-0.05, 0) is 35.9 Å². The third-order valence-corrected chi connectivity index (χ3v) is 4.49. The van der Waals surface area contributed by atoms with Crippen molar-refractivity contribution in [3.05, 3.63) is 73.3 Å². The van der Waals surface area contributed by atoms with E-state index in [1.807, 2.05) is 12.1 Å². The van der Waals surface area contributed by atoms with Crippen molar-refractivity contribution in [1.82, 2.24) is 4.57 Å². The fraction of sp³-hybridized carbons (Fsp3) is 0.0625. The third-order valence-electron chi connectivity index (χ3n) is 3.68. The molecule has 2 N–H and O–H groups in total. The highest BCUT2D eigenvalue weighted by molar-refractivity contribution is 9.10. The molecule has 6 nitrogen and oxygen atoms in total. The van der Waals surface area contributed by atoms with Crippen LogP contribution in [0.2, 0.25) is 5.02 Å². The number of fused-ring (bicyclic) bond motifs is 1. The number of nitro benzene ring substituents is 1. The lowest BCUT2D eigenvalue weighted by atomic mass is 10.1. The van der Waals surface area contributed by atoms with Crippen molar-refractivity contribution in [3.63, 3.8) is 0 Å².